The maximum absolute atomic E-state index is 12.7. The Bertz CT molecular complexity index is 710. The zero-order valence-electron chi connectivity index (χ0n) is 15.7. The number of carbonyl (C=O) groups is 1. The first-order valence-corrected chi connectivity index (χ1v) is 10.0. The number of hydrogen-bond acceptors (Lipinski definition) is 6. The van der Waals surface area contributed by atoms with Crippen LogP contribution in [0.25, 0.3) is 0 Å². The fraction of sp³-hybridized carbons (Fsp3) is 0.526. The molecule has 6 nitrogen and oxygen atoms in total. The van der Waals surface area contributed by atoms with Gasteiger partial charge in [0.1, 0.15) is 6.33 Å². The van der Waals surface area contributed by atoms with Gasteiger partial charge in [-0.05, 0) is 30.7 Å². The van der Waals surface area contributed by atoms with Gasteiger partial charge < -0.3 is 15.1 Å². The number of amides is 1. The lowest BCUT2D eigenvalue weighted by Gasteiger charge is -2.34. The van der Waals surface area contributed by atoms with Crippen molar-refractivity contribution in [1.82, 2.24) is 15.3 Å². The molecule has 3 rings (SSSR count). The van der Waals surface area contributed by atoms with Gasteiger partial charge in [0, 0.05) is 38.0 Å². The Labute approximate surface area is 159 Å². The molecule has 3 heterocycles. The number of nitrogens with zero attached hydrogens (tertiary/aromatic N) is 4. The minimum Gasteiger partial charge on any atom is -0.367 e. The van der Waals surface area contributed by atoms with Crippen molar-refractivity contribution in [3.8, 4) is 0 Å². The van der Waals surface area contributed by atoms with E-state index >= 15 is 0 Å². The molecule has 0 saturated carbocycles. The third kappa shape index (κ3) is 4.15. The molecule has 0 unspecified atom stereocenters. The molecule has 7 heteroatoms. The minimum atomic E-state index is 0.0766. The summed E-state index contributed by atoms with van der Waals surface area (Å²) < 4.78 is 0. The zero-order chi connectivity index (χ0) is 18.5. The molecule has 1 fully saturated rings. The lowest BCUT2D eigenvalue weighted by Crippen LogP contribution is -2.42. The largest absolute Gasteiger partial charge is 0.367 e. The van der Waals surface area contributed by atoms with Crippen molar-refractivity contribution in [2.24, 2.45) is 5.92 Å². The lowest BCUT2D eigenvalue weighted by molar-refractivity contribution is -0.126. The summed E-state index contributed by atoms with van der Waals surface area (Å²) in [6.07, 6.45) is 6.07. The van der Waals surface area contributed by atoms with Crippen LogP contribution in [-0.2, 0) is 4.79 Å². The third-order valence-electron chi connectivity index (χ3n) is 4.91. The standard InChI is InChI=1S/C19H27N5OS/c1-4-15(17-6-5-11-26-17)22-19(25)14-7-9-24(10-8-14)16-12-20-13-21-18(16)23(2)3/h5-6,11-15H,4,7-10H2,1-3H3,(H,22,25)/t15-/m1/s1. The second-order valence-electron chi connectivity index (χ2n) is 6.87. The van der Waals surface area contributed by atoms with Crippen LogP contribution in [0.2, 0.25) is 0 Å². The minimum absolute atomic E-state index is 0.0766. The Morgan fingerprint density at radius 1 is 1.42 bits per heavy atom. The number of rotatable bonds is 6. The second kappa shape index (κ2) is 8.49. The molecule has 1 aliphatic heterocycles. The Balaban J connectivity index is 1.59. The fourth-order valence-electron chi connectivity index (χ4n) is 3.42. The normalized spacial score (nSPS) is 16.3. The Morgan fingerprint density at radius 3 is 2.81 bits per heavy atom. The van der Waals surface area contributed by atoms with Gasteiger partial charge in [-0.3, -0.25) is 4.79 Å². The van der Waals surface area contributed by atoms with E-state index in [1.807, 2.05) is 31.3 Å². The van der Waals surface area contributed by atoms with Crippen LogP contribution in [0.15, 0.2) is 30.0 Å². The molecule has 0 aliphatic carbocycles. The molecule has 1 saturated heterocycles. The van der Waals surface area contributed by atoms with E-state index in [-0.39, 0.29) is 17.9 Å². The third-order valence-corrected chi connectivity index (χ3v) is 5.90. The first kappa shape index (κ1) is 18.6. The first-order valence-electron chi connectivity index (χ1n) is 9.16. The van der Waals surface area contributed by atoms with Gasteiger partial charge in [-0.15, -0.1) is 11.3 Å². The van der Waals surface area contributed by atoms with Gasteiger partial charge in [-0.1, -0.05) is 13.0 Å². The highest BCUT2D eigenvalue weighted by Gasteiger charge is 2.28. The fourth-order valence-corrected chi connectivity index (χ4v) is 4.28. The quantitative estimate of drug-likeness (QED) is 0.843. The Hall–Kier alpha value is -2.15. The van der Waals surface area contributed by atoms with Gasteiger partial charge in [0.05, 0.1) is 17.9 Å². The predicted molar refractivity (Wildman–Crippen MR) is 107 cm³/mol. The molecule has 1 aliphatic rings. The van der Waals surface area contributed by atoms with Crippen molar-refractivity contribution in [1.29, 1.82) is 0 Å². The molecule has 0 spiro atoms. The number of aromatic nitrogens is 2. The van der Waals surface area contributed by atoms with Crippen LogP contribution in [0, 0.1) is 5.92 Å². The van der Waals surface area contributed by atoms with E-state index in [1.54, 1.807) is 17.7 Å². The summed E-state index contributed by atoms with van der Waals surface area (Å²) in [6, 6.07) is 4.26. The Morgan fingerprint density at radius 2 is 2.19 bits per heavy atom. The van der Waals surface area contributed by atoms with Gasteiger partial charge in [0.15, 0.2) is 5.82 Å². The molecule has 0 aromatic carbocycles. The van der Waals surface area contributed by atoms with E-state index < -0.39 is 0 Å². The summed E-state index contributed by atoms with van der Waals surface area (Å²) in [5.41, 5.74) is 1.04. The number of thiophene rings is 1. The summed E-state index contributed by atoms with van der Waals surface area (Å²) in [7, 11) is 3.98. The highest BCUT2D eigenvalue weighted by molar-refractivity contribution is 7.10. The van der Waals surface area contributed by atoms with Crippen molar-refractivity contribution in [2.75, 3.05) is 37.0 Å². The topological polar surface area (TPSA) is 61.4 Å². The smallest absolute Gasteiger partial charge is 0.223 e. The van der Waals surface area contributed by atoms with Crippen molar-refractivity contribution in [3.63, 3.8) is 0 Å². The summed E-state index contributed by atoms with van der Waals surface area (Å²) in [4.78, 5) is 26.8. The van der Waals surface area contributed by atoms with Crippen LogP contribution >= 0.6 is 11.3 Å². The van der Waals surface area contributed by atoms with Crippen LogP contribution in [0.5, 0.6) is 0 Å². The van der Waals surface area contributed by atoms with Crippen LogP contribution in [0.4, 0.5) is 11.5 Å². The first-order chi connectivity index (χ1) is 12.6. The van der Waals surface area contributed by atoms with E-state index in [0.29, 0.717) is 0 Å². The molecule has 1 N–H and O–H groups in total. The second-order valence-corrected chi connectivity index (χ2v) is 7.85. The number of piperidine rings is 1. The van der Waals surface area contributed by atoms with Gasteiger partial charge in [-0.25, -0.2) is 9.97 Å². The number of carbonyl (C=O) groups excluding carboxylic acids is 1. The lowest BCUT2D eigenvalue weighted by atomic mass is 9.95. The predicted octanol–water partition coefficient (Wildman–Crippen LogP) is 3.09. The maximum atomic E-state index is 12.7. The van der Waals surface area contributed by atoms with Crippen molar-refractivity contribution >= 4 is 28.7 Å². The molecule has 26 heavy (non-hydrogen) atoms. The molecule has 0 bridgehead atoms. The summed E-state index contributed by atoms with van der Waals surface area (Å²) in [5, 5.41) is 5.31. The average molecular weight is 374 g/mol. The van der Waals surface area contributed by atoms with Crippen LogP contribution < -0.4 is 15.1 Å². The number of anilines is 2. The summed E-state index contributed by atoms with van der Waals surface area (Å²) >= 11 is 1.70. The highest BCUT2D eigenvalue weighted by Crippen LogP contribution is 2.29. The van der Waals surface area contributed by atoms with Crippen LogP contribution in [0.1, 0.15) is 37.1 Å². The van der Waals surface area contributed by atoms with E-state index in [4.69, 9.17) is 0 Å². The average Bonchev–Trinajstić information content (AvgIpc) is 3.20. The van der Waals surface area contributed by atoms with E-state index in [0.717, 1.165) is 43.9 Å². The molecular weight excluding hydrogens is 346 g/mol. The molecule has 1 amide bonds. The highest BCUT2D eigenvalue weighted by atomic mass is 32.1. The molecule has 1 atom stereocenters. The summed E-state index contributed by atoms with van der Waals surface area (Å²) in [5.74, 6) is 1.18. The monoisotopic (exact) mass is 373 g/mol. The van der Waals surface area contributed by atoms with Crippen LogP contribution in [0.3, 0.4) is 0 Å². The van der Waals surface area contributed by atoms with E-state index in [1.165, 1.54) is 4.88 Å². The Kier molecular flexibility index (Phi) is 6.08. The van der Waals surface area contributed by atoms with Gasteiger partial charge in [0.2, 0.25) is 5.91 Å². The molecule has 140 valence electrons. The van der Waals surface area contributed by atoms with Gasteiger partial charge in [0.25, 0.3) is 0 Å². The zero-order valence-corrected chi connectivity index (χ0v) is 16.5. The van der Waals surface area contributed by atoms with Crippen molar-refractivity contribution in [2.45, 2.75) is 32.2 Å². The SMILES string of the molecule is CC[C@@H](NC(=O)C1CCN(c2cncnc2N(C)C)CC1)c1cccs1. The van der Waals surface area contributed by atoms with Crippen LogP contribution in [-0.4, -0.2) is 43.1 Å². The van der Waals surface area contributed by atoms with E-state index in [2.05, 4.69) is 38.6 Å². The molecule has 2 aromatic heterocycles. The summed E-state index contributed by atoms with van der Waals surface area (Å²) in [6.45, 7) is 3.82. The number of hydrogen-bond donors (Lipinski definition) is 1. The van der Waals surface area contributed by atoms with Crippen molar-refractivity contribution in [3.05, 3.63) is 34.9 Å². The number of nitrogens with one attached hydrogen (secondary N) is 1. The molecular formula is C19H27N5OS. The van der Waals surface area contributed by atoms with Gasteiger partial charge >= 0.3 is 0 Å². The van der Waals surface area contributed by atoms with Gasteiger partial charge in [-0.2, -0.15) is 0 Å². The molecule has 2 aromatic rings. The van der Waals surface area contributed by atoms with Crippen molar-refractivity contribution < 1.29 is 4.79 Å². The van der Waals surface area contributed by atoms with E-state index in [9.17, 15) is 4.79 Å². The maximum Gasteiger partial charge on any atom is 0.223 e. The molecule has 0 radical (unpaired) electrons.